The van der Waals surface area contributed by atoms with Crippen LogP contribution in [0.1, 0.15) is 25.7 Å². The van der Waals surface area contributed by atoms with Gasteiger partial charge in [-0.15, -0.1) is 10.2 Å². The first-order chi connectivity index (χ1) is 10.2. The SMILES string of the molecule is CCCNCCCc1nnc(-c2ccc(OC)c(O)c2)o1. The number of phenols is 1. The lowest BCUT2D eigenvalue weighted by atomic mass is 10.2. The Bertz CT molecular complexity index is 569. The number of hydrogen-bond donors (Lipinski definition) is 2. The molecule has 0 fully saturated rings. The number of aromatic nitrogens is 2. The van der Waals surface area contributed by atoms with E-state index in [9.17, 15) is 5.11 Å². The third kappa shape index (κ3) is 4.19. The van der Waals surface area contributed by atoms with E-state index in [-0.39, 0.29) is 5.75 Å². The maximum absolute atomic E-state index is 9.76. The van der Waals surface area contributed by atoms with Gasteiger partial charge < -0.3 is 19.6 Å². The molecule has 1 aromatic carbocycles. The first-order valence-corrected chi connectivity index (χ1v) is 7.15. The molecule has 2 aromatic rings. The Morgan fingerprint density at radius 1 is 1.29 bits per heavy atom. The van der Waals surface area contributed by atoms with Crippen LogP contribution < -0.4 is 10.1 Å². The number of aromatic hydroxyl groups is 1. The highest BCUT2D eigenvalue weighted by molar-refractivity contribution is 5.59. The first-order valence-electron chi connectivity index (χ1n) is 7.15. The molecule has 0 spiro atoms. The molecular weight excluding hydrogens is 270 g/mol. The predicted octanol–water partition coefficient (Wildman–Crippen LogP) is 2.38. The van der Waals surface area contributed by atoms with Gasteiger partial charge in [-0.05, 0) is 44.1 Å². The standard InChI is InChI=1S/C15H21N3O3/c1-3-8-16-9-4-5-14-17-18-15(21-14)11-6-7-13(20-2)12(19)10-11/h6-7,10,16,19H,3-5,8-9H2,1-2H3. The number of ether oxygens (including phenoxy) is 1. The summed E-state index contributed by atoms with van der Waals surface area (Å²) in [7, 11) is 1.51. The van der Waals surface area contributed by atoms with Gasteiger partial charge in [-0.1, -0.05) is 6.92 Å². The van der Waals surface area contributed by atoms with Crippen LogP contribution in [0.4, 0.5) is 0 Å². The third-order valence-electron chi connectivity index (χ3n) is 3.06. The smallest absolute Gasteiger partial charge is 0.247 e. The summed E-state index contributed by atoms with van der Waals surface area (Å²) in [5.41, 5.74) is 0.677. The highest BCUT2D eigenvalue weighted by Gasteiger charge is 2.11. The molecule has 21 heavy (non-hydrogen) atoms. The molecule has 0 radical (unpaired) electrons. The molecule has 0 unspecified atom stereocenters. The van der Waals surface area contributed by atoms with E-state index in [1.165, 1.54) is 7.11 Å². The Morgan fingerprint density at radius 3 is 2.86 bits per heavy atom. The van der Waals surface area contributed by atoms with Gasteiger partial charge in [-0.25, -0.2) is 0 Å². The number of hydrogen-bond acceptors (Lipinski definition) is 6. The monoisotopic (exact) mass is 291 g/mol. The molecule has 0 aliphatic heterocycles. The lowest BCUT2D eigenvalue weighted by Gasteiger charge is -2.03. The fourth-order valence-electron chi connectivity index (χ4n) is 1.96. The van der Waals surface area contributed by atoms with E-state index in [0.29, 0.717) is 23.1 Å². The molecule has 0 amide bonds. The van der Waals surface area contributed by atoms with Crippen molar-refractivity contribution < 1.29 is 14.3 Å². The zero-order valence-electron chi connectivity index (χ0n) is 12.4. The van der Waals surface area contributed by atoms with Crippen molar-refractivity contribution in [3.8, 4) is 23.0 Å². The molecule has 1 heterocycles. The number of methoxy groups -OCH3 is 1. The summed E-state index contributed by atoms with van der Waals surface area (Å²) in [6.07, 6.45) is 2.83. The molecule has 0 saturated carbocycles. The maximum atomic E-state index is 9.76. The fraction of sp³-hybridized carbons (Fsp3) is 0.467. The molecule has 2 rings (SSSR count). The third-order valence-corrected chi connectivity index (χ3v) is 3.06. The summed E-state index contributed by atoms with van der Waals surface area (Å²) in [5, 5.41) is 21.1. The summed E-state index contributed by atoms with van der Waals surface area (Å²) >= 11 is 0. The number of nitrogens with zero attached hydrogens (tertiary/aromatic N) is 2. The minimum absolute atomic E-state index is 0.0542. The van der Waals surface area contributed by atoms with Crippen molar-refractivity contribution in [2.24, 2.45) is 0 Å². The predicted molar refractivity (Wildman–Crippen MR) is 79.4 cm³/mol. The van der Waals surface area contributed by atoms with Gasteiger partial charge in [0.1, 0.15) is 0 Å². The normalized spacial score (nSPS) is 10.8. The lowest BCUT2D eigenvalue weighted by molar-refractivity contribution is 0.373. The van der Waals surface area contributed by atoms with Gasteiger partial charge in [0.15, 0.2) is 11.5 Å². The van der Waals surface area contributed by atoms with Crippen LogP contribution in [-0.2, 0) is 6.42 Å². The highest BCUT2D eigenvalue weighted by Crippen LogP contribution is 2.30. The number of phenolic OH excluding ortho intramolecular Hbond substituents is 1. The average molecular weight is 291 g/mol. The van der Waals surface area contributed by atoms with Crippen LogP contribution in [-0.4, -0.2) is 35.5 Å². The molecule has 1 aromatic heterocycles. The van der Waals surface area contributed by atoms with Gasteiger partial charge in [-0.3, -0.25) is 0 Å². The van der Waals surface area contributed by atoms with Gasteiger partial charge in [0, 0.05) is 12.0 Å². The molecule has 114 valence electrons. The minimum atomic E-state index is 0.0542. The second-order valence-electron chi connectivity index (χ2n) is 4.74. The summed E-state index contributed by atoms with van der Waals surface area (Å²) in [6.45, 7) is 4.11. The molecule has 0 aliphatic rings. The van der Waals surface area contributed by atoms with Gasteiger partial charge >= 0.3 is 0 Å². The Morgan fingerprint density at radius 2 is 2.14 bits per heavy atom. The zero-order chi connectivity index (χ0) is 15.1. The minimum Gasteiger partial charge on any atom is -0.504 e. The number of nitrogens with one attached hydrogen (secondary N) is 1. The van der Waals surface area contributed by atoms with Gasteiger partial charge in [0.2, 0.25) is 11.8 Å². The van der Waals surface area contributed by atoms with Gasteiger partial charge in [-0.2, -0.15) is 0 Å². The molecule has 0 aliphatic carbocycles. The van der Waals surface area contributed by atoms with Crippen molar-refractivity contribution >= 4 is 0 Å². The molecular formula is C15H21N3O3. The molecule has 0 atom stereocenters. The highest BCUT2D eigenvalue weighted by atomic mass is 16.5. The summed E-state index contributed by atoms with van der Waals surface area (Å²) in [6, 6.07) is 5.00. The Labute approximate surface area is 124 Å². The van der Waals surface area contributed by atoms with Crippen molar-refractivity contribution in [1.82, 2.24) is 15.5 Å². The summed E-state index contributed by atoms with van der Waals surface area (Å²) in [5.74, 6) is 1.49. The van der Waals surface area contributed by atoms with E-state index in [0.717, 1.165) is 32.4 Å². The first kappa shape index (κ1) is 15.3. The van der Waals surface area contributed by atoms with Crippen molar-refractivity contribution in [1.29, 1.82) is 0 Å². The second kappa shape index (κ2) is 7.64. The maximum Gasteiger partial charge on any atom is 0.247 e. The van der Waals surface area contributed by atoms with Crippen molar-refractivity contribution in [2.45, 2.75) is 26.2 Å². The summed E-state index contributed by atoms with van der Waals surface area (Å²) in [4.78, 5) is 0. The molecule has 0 bridgehead atoms. The topological polar surface area (TPSA) is 80.4 Å². The number of rotatable bonds is 8. The van der Waals surface area contributed by atoms with Crippen molar-refractivity contribution in [2.75, 3.05) is 20.2 Å². The fourth-order valence-corrected chi connectivity index (χ4v) is 1.96. The quantitative estimate of drug-likeness (QED) is 0.727. The second-order valence-corrected chi connectivity index (χ2v) is 4.74. The molecule has 6 heteroatoms. The van der Waals surface area contributed by atoms with E-state index in [1.54, 1.807) is 18.2 Å². The Hall–Kier alpha value is -2.08. The zero-order valence-corrected chi connectivity index (χ0v) is 12.4. The Kier molecular flexibility index (Phi) is 5.57. The van der Waals surface area contributed by atoms with Crippen molar-refractivity contribution in [3.05, 3.63) is 24.1 Å². The molecule has 0 saturated heterocycles. The molecule has 6 nitrogen and oxygen atoms in total. The lowest BCUT2D eigenvalue weighted by Crippen LogP contribution is -2.16. The number of aryl methyl sites for hydroxylation is 1. The summed E-state index contributed by atoms with van der Waals surface area (Å²) < 4.78 is 10.6. The van der Waals surface area contributed by atoms with Crippen LogP contribution in [0.25, 0.3) is 11.5 Å². The van der Waals surface area contributed by atoms with E-state index >= 15 is 0 Å². The van der Waals surface area contributed by atoms with E-state index in [1.807, 2.05) is 0 Å². The van der Waals surface area contributed by atoms with E-state index in [2.05, 4.69) is 22.4 Å². The van der Waals surface area contributed by atoms with Gasteiger partial charge in [0.25, 0.3) is 0 Å². The van der Waals surface area contributed by atoms with Crippen LogP contribution in [0, 0.1) is 0 Å². The van der Waals surface area contributed by atoms with Gasteiger partial charge in [0.05, 0.1) is 7.11 Å². The Balaban J connectivity index is 1.94. The van der Waals surface area contributed by atoms with Crippen LogP contribution in [0.5, 0.6) is 11.5 Å². The van der Waals surface area contributed by atoms with E-state index < -0.39 is 0 Å². The molecule has 2 N–H and O–H groups in total. The van der Waals surface area contributed by atoms with E-state index in [4.69, 9.17) is 9.15 Å². The van der Waals surface area contributed by atoms with Crippen LogP contribution in [0.2, 0.25) is 0 Å². The largest absolute Gasteiger partial charge is 0.504 e. The van der Waals surface area contributed by atoms with Crippen LogP contribution in [0.3, 0.4) is 0 Å². The van der Waals surface area contributed by atoms with Crippen LogP contribution in [0.15, 0.2) is 22.6 Å². The number of benzene rings is 1. The van der Waals surface area contributed by atoms with Crippen molar-refractivity contribution in [3.63, 3.8) is 0 Å². The average Bonchev–Trinajstić information content (AvgIpc) is 2.96. The van der Waals surface area contributed by atoms with Crippen LogP contribution >= 0.6 is 0 Å².